The molecule has 0 saturated carbocycles. The summed E-state index contributed by atoms with van der Waals surface area (Å²) in [7, 11) is -1.43. The van der Waals surface area contributed by atoms with E-state index in [1.54, 1.807) is 23.0 Å². The Kier molecular flexibility index (Phi) is 7.62. The molecular formula is C21H26N2O5Si. The Morgan fingerprint density at radius 1 is 1.10 bits per heavy atom. The second-order valence-electron chi connectivity index (χ2n) is 7.51. The van der Waals surface area contributed by atoms with Crippen LogP contribution in [0.3, 0.4) is 0 Å². The van der Waals surface area contributed by atoms with Gasteiger partial charge < -0.3 is 14.2 Å². The molecule has 0 saturated heterocycles. The molecule has 154 valence electrons. The Balaban J connectivity index is 1.98. The van der Waals surface area contributed by atoms with Crippen LogP contribution in [0.2, 0.25) is 19.6 Å². The van der Waals surface area contributed by atoms with E-state index < -0.39 is 26.1 Å². The lowest BCUT2D eigenvalue weighted by Gasteiger charge is -2.17. The van der Waals surface area contributed by atoms with Crippen LogP contribution in [0.4, 0.5) is 0 Å². The van der Waals surface area contributed by atoms with E-state index in [-0.39, 0.29) is 13.2 Å². The minimum absolute atomic E-state index is 0.0540. The van der Waals surface area contributed by atoms with Crippen LogP contribution in [0, 0.1) is 11.5 Å². The molecule has 29 heavy (non-hydrogen) atoms. The number of esters is 2. The minimum Gasteiger partial charge on any atom is -0.490 e. The predicted molar refractivity (Wildman–Crippen MR) is 111 cm³/mol. The van der Waals surface area contributed by atoms with Crippen molar-refractivity contribution in [1.29, 1.82) is 0 Å². The molecule has 0 aliphatic heterocycles. The normalized spacial score (nSPS) is 11.8. The first-order valence-electron chi connectivity index (χ1n) is 9.24. The zero-order valence-corrected chi connectivity index (χ0v) is 18.4. The van der Waals surface area contributed by atoms with Gasteiger partial charge in [0.1, 0.15) is 27.0 Å². The highest BCUT2D eigenvalue weighted by molar-refractivity contribution is 6.83. The quantitative estimate of drug-likeness (QED) is 0.394. The molecule has 1 aromatic carbocycles. The van der Waals surface area contributed by atoms with Gasteiger partial charge in [0.2, 0.25) is 0 Å². The van der Waals surface area contributed by atoms with Crippen molar-refractivity contribution in [3.8, 4) is 22.9 Å². The lowest BCUT2D eigenvalue weighted by molar-refractivity contribution is -0.158. The predicted octanol–water partition coefficient (Wildman–Crippen LogP) is 2.97. The van der Waals surface area contributed by atoms with Gasteiger partial charge in [-0.3, -0.25) is 9.59 Å². The highest BCUT2D eigenvalue weighted by Gasteiger charge is 2.15. The van der Waals surface area contributed by atoms with Crippen molar-refractivity contribution in [2.24, 2.45) is 0 Å². The first kappa shape index (κ1) is 22.2. The molecular weight excluding hydrogens is 388 g/mol. The fourth-order valence-corrected chi connectivity index (χ4v) is 2.75. The molecule has 2 rings (SSSR count). The molecule has 0 fully saturated rings. The number of nitrogens with zero attached hydrogens (tertiary/aromatic N) is 2. The Morgan fingerprint density at radius 3 is 2.38 bits per heavy atom. The number of rotatable bonds is 7. The van der Waals surface area contributed by atoms with Gasteiger partial charge in [0.15, 0.2) is 6.10 Å². The van der Waals surface area contributed by atoms with Crippen molar-refractivity contribution >= 4 is 20.0 Å². The monoisotopic (exact) mass is 414 g/mol. The molecule has 7 nitrogen and oxygen atoms in total. The van der Waals surface area contributed by atoms with Gasteiger partial charge in [0, 0.05) is 20.0 Å². The third kappa shape index (κ3) is 8.23. The average Bonchev–Trinajstić information content (AvgIpc) is 3.11. The second-order valence-corrected chi connectivity index (χ2v) is 12.3. The van der Waals surface area contributed by atoms with Crippen LogP contribution in [0.25, 0.3) is 5.69 Å². The van der Waals surface area contributed by atoms with Crippen molar-refractivity contribution in [3.63, 3.8) is 0 Å². The molecule has 0 bridgehead atoms. The summed E-state index contributed by atoms with van der Waals surface area (Å²) in [5.41, 5.74) is 5.07. The van der Waals surface area contributed by atoms with E-state index in [4.69, 9.17) is 14.2 Å². The molecule has 0 unspecified atom stereocenters. The average molecular weight is 415 g/mol. The Hall–Kier alpha value is -3.05. The first-order valence-corrected chi connectivity index (χ1v) is 12.7. The number of aromatic nitrogens is 2. The second kappa shape index (κ2) is 9.93. The summed E-state index contributed by atoms with van der Waals surface area (Å²) in [5.74, 6) is 2.87. The van der Waals surface area contributed by atoms with Crippen LogP contribution in [-0.4, -0.2) is 49.1 Å². The van der Waals surface area contributed by atoms with Crippen LogP contribution in [0.1, 0.15) is 19.4 Å². The molecule has 8 heteroatoms. The summed E-state index contributed by atoms with van der Waals surface area (Å²) in [6.07, 6.45) is 2.96. The lowest BCUT2D eigenvalue weighted by atomic mass is 10.3. The highest BCUT2D eigenvalue weighted by Crippen LogP contribution is 2.16. The van der Waals surface area contributed by atoms with Crippen molar-refractivity contribution in [1.82, 2.24) is 9.78 Å². The van der Waals surface area contributed by atoms with Crippen LogP contribution < -0.4 is 4.74 Å². The third-order valence-electron chi connectivity index (χ3n) is 3.51. The van der Waals surface area contributed by atoms with E-state index in [1.807, 2.05) is 18.3 Å². The molecule has 0 aliphatic carbocycles. The number of carbonyl (C=O) groups excluding carboxylic acids is 2. The fraction of sp³-hybridized carbons (Fsp3) is 0.381. The zero-order valence-electron chi connectivity index (χ0n) is 17.4. The van der Waals surface area contributed by atoms with Crippen LogP contribution >= 0.6 is 0 Å². The Morgan fingerprint density at radius 2 is 1.79 bits per heavy atom. The Labute approximate surface area is 172 Å². The maximum atomic E-state index is 11.2. The van der Waals surface area contributed by atoms with Crippen LogP contribution in [0.15, 0.2) is 36.7 Å². The van der Waals surface area contributed by atoms with Gasteiger partial charge >= 0.3 is 11.9 Å². The lowest BCUT2D eigenvalue weighted by Crippen LogP contribution is -2.29. The van der Waals surface area contributed by atoms with Crippen molar-refractivity contribution in [3.05, 3.63) is 42.2 Å². The number of benzene rings is 1. The maximum absolute atomic E-state index is 11.2. The summed E-state index contributed by atoms with van der Waals surface area (Å²) >= 11 is 0. The van der Waals surface area contributed by atoms with E-state index in [0.29, 0.717) is 5.75 Å². The zero-order chi connectivity index (χ0) is 21.4. The van der Waals surface area contributed by atoms with Crippen LogP contribution in [-0.2, 0) is 19.1 Å². The van der Waals surface area contributed by atoms with Crippen molar-refractivity contribution in [2.75, 3.05) is 13.2 Å². The van der Waals surface area contributed by atoms with Gasteiger partial charge in [-0.15, -0.1) is 5.54 Å². The number of hydrogen-bond acceptors (Lipinski definition) is 6. The van der Waals surface area contributed by atoms with E-state index in [9.17, 15) is 9.59 Å². The summed E-state index contributed by atoms with van der Waals surface area (Å²) in [4.78, 5) is 22.1. The SMILES string of the molecule is CC(=O)OC[C@H](COc1ccc(-n2cc(C#C[Si](C)(C)C)cn2)cc1)OC(C)=O. The summed E-state index contributed by atoms with van der Waals surface area (Å²) < 4.78 is 17.4. The molecule has 1 atom stereocenters. The summed E-state index contributed by atoms with van der Waals surface area (Å²) in [5, 5.41) is 4.35. The van der Waals surface area contributed by atoms with Gasteiger partial charge in [-0.1, -0.05) is 25.6 Å². The number of carbonyl (C=O) groups is 2. The standard InChI is InChI=1S/C21H26N2O5Si/c1-16(24)26-14-21(28-17(2)25)15-27-20-8-6-19(7-9-20)23-13-18(12-22-23)10-11-29(3,4)5/h6-9,12-13,21H,14-15H2,1-5H3/t21-/m1/s1. The van der Waals surface area contributed by atoms with E-state index in [1.165, 1.54) is 13.8 Å². The molecule has 0 radical (unpaired) electrons. The molecule has 0 aliphatic rings. The first-order chi connectivity index (χ1) is 13.6. The molecule has 2 aromatic rings. The van der Waals surface area contributed by atoms with Gasteiger partial charge in [0.25, 0.3) is 0 Å². The van der Waals surface area contributed by atoms with Gasteiger partial charge in [-0.05, 0) is 24.3 Å². The fourth-order valence-electron chi connectivity index (χ4n) is 2.23. The van der Waals surface area contributed by atoms with Crippen molar-refractivity contribution < 1.29 is 23.8 Å². The van der Waals surface area contributed by atoms with E-state index >= 15 is 0 Å². The van der Waals surface area contributed by atoms with Crippen molar-refractivity contribution in [2.45, 2.75) is 39.6 Å². The molecule has 0 amide bonds. The van der Waals surface area contributed by atoms with Gasteiger partial charge in [0.05, 0.1) is 17.4 Å². The molecule has 1 aromatic heterocycles. The maximum Gasteiger partial charge on any atom is 0.303 e. The third-order valence-corrected chi connectivity index (χ3v) is 4.38. The topological polar surface area (TPSA) is 79.7 Å². The van der Waals surface area contributed by atoms with Gasteiger partial charge in [-0.2, -0.15) is 5.10 Å². The van der Waals surface area contributed by atoms with E-state index in [2.05, 4.69) is 36.2 Å². The smallest absolute Gasteiger partial charge is 0.303 e. The van der Waals surface area contributed by atoms with E-state index in [0.717, 1.165) is 11.3 Å². The van der Waals surface area contributed by atoms with Crippen LogP contribution in [0.5, 0.6) is 5.75 Å². The molecule has 0 spiro atoms. The highest BCUT2D eigenvalue weighted by atomic mass is 28.3. The number of ether oxygens (including phenoxy) is 3. The Bertz CT molecular complexity index is 904. The molecule has 1 heterocycles. The number of hydrogen-bond donors (Lipinski definition) is 0. The minimum atomic E-state index is -1.43. The molecule has 0 N–H and O–H groups in total. The van der Waals surface area contributed by atoms with Gasteiger partial charge in [-0.25, -0.2) is 4.68 Å². The summed E-state index contributed by atoms with van der Waals surface area (Å²) in [6, 6.07) is 7.32. The summed E-state index contributed by atoms with van der Waals surface area (Å²) in [6.45, 7) is 9.19. The largest absolute Gasteiger partial charge is 0.490 e.